The second kappa shape index (κ2) is 19.3. The zero-order valence-electron chi connectivity index (χ0n) is 12.9. The standard InChI is InChI=1S/C23H2B2/c24-22-20-18-16-14-12-10-8-6-4-2-1-3-5-7-9-11-13-15-17-19-21-23-25/h22H2. The Morgan fingerprint density at radius 1 is 0.360 bits per heavy atom. The minimum absolute atomic E-state index is 0.268. The highest BCUT2D eigenvalue weighted by molar-refractivity contribution is 6.22. The lowest BCUT2D eigenvalue weighted by molar-refractivity contribution is 1.88. The number of rotatable bonds is 0. The summed E-state index contributed by atoms with van der Waals surface area (Å²) in [7, 11) is 10.1. The van der Waals surface area contributed by atoms with Crippen LogP contribution in [0.5, 0.6) is 0 Å². The monoisotopic (exact) mass is 300 g/mol. The summed E-state index contributed by atoms with van der Waals surface area (Å²) in [6, 6.07) is 0. The van der Waals surface area contributed by atoms with Crippen molar-refractivity contribution < 1.29 is 0 Å². The Bertz CT molecular complexity index is 1180. The van der Waals surface area contributed by atoms with Crippen LogP contribution in [0.25, 0.3) is 0 Å². The van der Waals surface area contributed by atoms with Crippen molar-refractivity contribution in [3.63, 3.8) is 0 Å². The van der Waals surface area contributed by atoms with E-state index in [0.29, 0.717) is 0 Å². The summed E-state index contributed by atoms with van der Waals surface area (Å²) in [6.45, 7) is 0. The fourth-order valence-corrected chi connectivity index (χ4v) is 0.694. The summed E-state index contributed by atoms with van der Waals surface area (Å²) in [5.74, 6) is 54.2. The normalized spacial score (nSPS) is 4.16. The highest BCUT2D eigenvalue weighted by atomic mass is 13.6. The average molecular weight is 300 g/mol. The first-order chi connectivity index (χ1) is 12.4. The highest BCUT2D eigenvalue weighted by Gasteiger charge is 1.59. The van der Waals surface area contributed by atoms with Crippen LogP contribution in [0.3, 0.4) is 0 Å². The quantitative estimate of drug-likeness (QED) is 0.427. The van der Waals surface area contributed by atoms with Crippen LogP contribution in [-0.2, 0) is 0 Å². The van der Waals surface area contributed by atoms with Crippen molar-refractivity contribution in [2.45, 2.75) is 6.32 Å². The van der Waals surface area contributed by atoms with Crippen molar-refractivity contribution in [1.82, 2.24) is 0 Å². The van der Waals surface area contributed by atoms with Gasteiger partial charge in [-0.25, -0.2) is 0 Å². The minimum Gasteiger partial charge on any atom is -0.158 e. The Morgan fingerprint density at radius 3 is 0.840 bits per heavy atom. The van der Waals surface area contributed by atoms with Crippen molar-refractivity contribution in [3.8, 4) is 130 Å². The molecular formula is C23H2B2. The van der Waals surface area contributed by atoms with Gasteiger partial charge in [0.25, 0.3) is 0 Å². The van der Waals surface area contributed by atoms with Gasteiger partial charge in [-0.15, -0.1) is 0 Å². The van der Waals surface area contributed by atoms with Gasteiger partial charge in [-0.3, -0.25) is 0 Å². The molecule has 0 aliphatic rings. The SMILES string of the molecule is [B]C#CC#CC#CC#CC#CC#CC#CC#CC#CC#CC#CC[B]. The molecule has 2 heteroatoms. The highest BCUT2D eigenvalue weighted by Crippen LogP contribution is 1.61. The second-order valence-corrected chi connectivity index (χ2v) is 3.03. The number of hydrogen-bond donors (Lipinski definition) is 0. The molecule has 25 heavy (non-hydrogen) atoms. The maximum Gasteiger partial charge on any atom is 0.189 e. The largest absolute Gasteiger partial charge is 0.189 e. The Hall–Kier alpha value is -4.71. The molecule has 0 N–H and O–H groups in total. The van der Waals surface area contributed by atoms with E-state index in [-0.39, 0.29) is 6.32 Å². The minimum atomic E-state index is 0.268. The molecule has 0 saturated heterocycles. The van der Waals surface area contributed by atoms with Crippen LogP contribution >= 0.6 is 0 Å². The summed E-state index contributed by atoms with van der Waals surface area (Å²) in [5, 5.41) is 0. The molecule has 0 aromatic rings. The summed E-state index contributed by atoms with van der Waals surface area (Å²) in [5.41, 5.74) is 0. The number of hydrogen-bond acceptors (Lipinski definition) is 0. The van der Waals surface area contributed by atoms with Gasteiger partial charge in [-0.2, -0.15) is 5.82 Å². The van der Waals surface area contributed by atoms with Crippen LogP contribution < -0.4 is 0 Å². The first-order valence-corrected chi connectivity index (χ1v) is 6.30. The van der Waals surface area contributed by atoms with Gasteiger partial charge >= 0.3 is 0 Å². The second-order valence-electron chi connectivity index (χ2n) is 3.03. The lowest BCUT2D eigenvalue weighted by atomic mass is 10.1. The summed E-state index contributed by atoms with van der Waals surface area (Å²) < 4.78 is 0. The van der Waals surface area contributed by atoms with Crippen LogP contribution in [0.15, 0.2) is 0 Å². The molecule has 0 heterocycles. The Labute approximate surface area is 152 Å². The molecule has 0 bridgehead atoms. The van der Waals surface area contributed by atoms with Gasteiger partial charge in [-0.1, -0.05) is 5.92 Å². The van der Waals surface area contributed by atoms with Gasteiger partial charge in [0.15, 0.2) is 7.85 Å². The maximum atomic E-state index is 5.16. The van der Waals surface area contributed by atoms with Crippen LogP contribution in [0.2, 0.25) is 6.32 Å². The zero-order chi connectivity index (χ0) is 18.3. The van der Waals surface area contributed by atoms with E-state index in [1.54, 1.807) is 0 Å². The van der Waals surface area contributed by atoms with E-state index in [0.717, 1.165) is 0 Å². The summed E-state index contributed by atoms with van der Waals surface area (Å²) >= 11 is 0. The van der Waals surface area contributed by atoms with Gasteiger partial charge in [0.1, 0.15) is 0 Å². The van der Waals surface area contributed by atoms with Gasteiger partial charge in [0, 0.05) is 23.7 Å². The van der Waals surface area contributed by atoms with Gasteiger partial charge in [0.2, 0.25) is 0 Å². The van der Waals surface area contributed by atoms with Crippen molar-refractivity contribution in [3.05, 3.63) is 0 Å². The molecule has 0 unspecified atom stereocenters. The third-order valence-electron chi connectivity index (χ3n) is 1.45. The molecule has 0 fully saturated rings. The van der Waals surface area contributed by atoms with Crippen LogP contribution in [-0.4, -0.2) is 15.7 Å². The third-order valence-corrected chi connectivity index (χ3v) is 1.45. The van der Waals surface area contributed by atoms with Crippen molar-refractivity contribution in [2.75, 3.05) is 0 Å². The van der Waals surface area contributed by atoms with Crippen LogP contribution in [0.1, 0.15) is 0 Å². The van der Waals surface area contributed by atoms with Gasteiger partial charge in [0.05, 0.1) is 7.85 Å². The van der Waals surface area contributed by atoms with Gasteiger partial charge < -0.3 is 0 Å². The smallest absolute Gasteiger partial charge is 0.158 e. The van der Waals surface area contributed by atoms with Crippen molar-refractivity contribution in [2.24, 2.45) is 0 Å². The molecule has 4 radical (unpaired) electrons. The van der Waals surface area contributed by atoms with Crippen LogP contribution in [0, 0.1) is 130 Å². The van der Waals surface area contributed by atoms with E-state index in [1.807, 2.05) is 0 Å². The predicted molar refractivity (Wildman–Crippen MR) is 102 cm³/mol. The molecule has 0 spiro atoms. The molecule has 0 aliphatic carbocycles. The Kier molecular flexibility index (Phi) is 15.7. The van der Waals surface area contributed by atoms with E-state index in [2.05, 4.69) is 130 Å². The van der Waals surface area contributed by atoms with Crippen molar-refractivity contribution >= 4 is 15.7 Å². The molecule has 0 nitrogen and oxygen atoms in total. The third kappa shape index (κ3) is 19.3. The predicted octanol–water partition coefficient (Wildman–Crippen LogP) is -0.263. The van der Waals surface area contributed by atoms with E-state index in [4.69, 9.17) is 15.7 Å². The maximum absolute atomic E-state index is 5.16. The molecule has 0 aromatic carbocycles. The Balaban J connectivity index is 4.38. The summed E-state index contributed by atoms with van der Waals surface area (Å²) in [6.07, 6.45) is 0.268. The van der Waals surface area contributed by atoms with Gasteiger partial charge in [-0.05, 0) is 101 Å². The molecule has 0 amide bonds. The topological polar surface area (TPSA) is 0 Å². The van der Waals surface area contributed by atoms with Crippen LogP contribution in [0.4, 0.5) is 0 Å². The van der Waals surface area contributed by atoms with E-state index in [9.17, 15) is 0 Å². The molecule has 0 saturated carbocycles. The molecule has 100 valence electrons. The van der Waals surface area contributed by atoms with E-state index >= 15 is 0 Å². The molecule has 0 atom stereocenters. The fraction of sp³-hybridized carbons (Fsp3) is 0.0435. The lowest BCUT2D eigenvalue weighted by Crippen LogP contribution is -1.58. The first kappa shape index (κ1) is 20.3. The van der Waals surface area contributed by atoms with Crippen molar-refractivity contribution in [1.29, 1.82) is 0 Å². The molecule has 0 aromatic heterocycles. The fourth-order valence-electron chi connectivity index (χ4n) is 0.694. The van der Waals surface area contributed by atoms with E-state index < -0.39 is 0 Å². The average Bonchev–Trinajstić information content (AvgIpc) is 2.63. The first-order valence-electron chi connectivity index (χ1n) is 6.30. The molecular weight excluding hydrogens is 298 g/mol. The summed E-state index contributed by atoms with van der Waals surface area (Å²) in [4.78, 5) is 0. The van der Waals surface area contributed by atoms with E-state index in [1.165, 1.54) is 0 Å². The molecule has 0 rings (SSSR count). The lowest BCUT2D eigenvalue weighted by Gasteiger charge is -1.60. The molecule has 0 aliphatic heterocycles. The zero-order valence-corrected chi connectivity index (χ0v) is 12.9. The Morgan fingerprint density at radius 2 is 0.600 bits per heavy atom.